The zero-order valence-corrected chi connectivity index (χ0v) is 14.0. The van der Waals surface area contributed by atoms with Gasteiger partial charge in [0, 0.05) is 11.3 Å². The second-order valence-electron chi connectivity index (χ2n) is 4.13. The van der Waals surface area contributed by atoms with Crippen LogP contribution in [0.4, 0.5) is 0 Å². The van der Waals surface area contributed by atoms with E-state index < -0.39 is 10.1 Å². The van der Waals surface area contributed by atoms with Crippen molar-refractivity contribution >= 4 is 72.6 Å². The number of hydrogen-bond acceptors (Lipinski definition) is 6. The fourth-order valence-corrected chi connectivity index (χ4v) is 5.15. The number of benzene rings is 1. The molecule has 0 aliphatic rings. The summed E-state index contributed by atoms with van der Waals surface area (Å²) in [5.41, 5.74) is 1.79. The predicted octanol–water partition coefficient (Wildman–Crippen LogP) is 3.05. The molecule has 0 spiro atoms. The van der Waals surface area contributed by atoms with Crippen molar-refractivity contribution in [3.8, 4) is 5.75 Å². The van der Waals surface area contributed by atoms with Crippen molar-refractivity contribution in [2.75, 3.05) is 7.11 Å². The molecule has 0 saturated carbocycles. The maximum absolute atomic E-state index is 11.4. The molecule has 21 heavy (non-hydrogen) atoms. The molecule has 2 rings (SSSR count). The minimum atomic E-state index is -4.31. The Labute approximate surface area is 158 Å². The summed E-state index contributed by atoms with van der Waals surface area (Å²) in [6, 6.07) is 4.72. The van der Waals surface area contributed by atoms with Gasteiger partial charge in [-0.3, -0.25) is 4.55 Å². The summed E-state index contributed by atoms with van der Waals surface area (Å²) < 4.78 is 37.7. The van der Waals surface area contributed by atoms with Gasteiger partial charge in [0.15, 0.2) is 0 Å². The number of methoxy groups -OCH3 is 1. The molecule has 110 valence electrons. The summed E-state index contributed by atoms with van der Waals surface area (Å²) in [5, 5.41) is 0. The van der Waals surface area contributed by atoms with E-state index >= 15 is 0 Å². The van der Waals surface area contributed by atoms with Gasteiger partial charge in [0.25, 0.3) is 10.1 Å². The van der Waals surface area contributed by atoms with Crippen LogP contribution >= 0.6 is 32.9 Å². The van der Waals surface area contributed by atoms with Crippen LogP contribution in [0.5, 0.6) is 5.75 Å². The van der Waals surface area contributed by atoms with Crippen molar-refractivity contribution < 1.29 is 17.7 Å². The first-order valence-electron chi connectivity index (χ1n) is 5.56. The van der Waals surface area contributed by atoms with E-state index in [1.54, 1.807) is 16.4 Å². The molecule has 1 aromatic heterocycles. The van der Waals surface area contributed by atoms with E-state index in [1.165, 1.54) is 29.6 Å². The van der Waals surface area contributed by atoms with E-state index in [9.17, 15) is 13.0 Å². The number of rotatable bonds is 4. The Kier molecular flexibility index (Phi) is 7.01. The van der Waals surface area contributed by atoms with Gasteiger partial charge in [-0.15, -0.1) is 0 Å². The van der Waals surface area contributed by atoms with Gasteiger partial charge in [-0.1, -0.05) is 39.0 Å². The van der Waals surface area contributed by atoms with Crippen LogP contribution in [0.2, 0.25) is 0 Å². The monoisotopic (exact) mass is 372 g/mol. The minimum absolute atomic E-state index is 0. The quantitative estimate of drug-likeness (QED) is 0.387. The summed E-state index contributed by atoms with van der Waals surface area (Å²) in [6.45, 7) is 1.99. The van der Waals surface area contributed by atoms with Gasteiger partial charge >= 0.3 is 29.6 Å². The Bertz CT molecular complexity index is 792. The van der Waals surface area contributed by atoms with Crippen LogP contribution < -0.4 is 4.74 Å². The molecule has 0 aliphatic heterocycles. The topological polar surface area (TPSA) is 63.6 Å². The van der Waals surface area contributed by atoms with Crippen molar-refractivity contribution in [3.05, 3.63) is 38.0 Å². The van der Waals surface area contributed by atoms with Crippen molar-refractivity contribution in [2.45, 2.75) is 18.2 Å². The molecule has 1 aromatic carbocycles. The molecule has 0 fully saturated rings. The van der Waals surface area contributed by atoms with E-state index in [-0.39, 0.29) is 40.2 Å². The molecule has 4 nitrogen and oxygen atoms in total. The number of hydrogen-bond donors (Lipinski definition) is 1. The van der Waals surface area contributed by atoms with Crippen molar-refractivity contribution in [1.82, 2.24) is 0 Å². The van der Waals surface area contributed by atoms with Crippen molar-refractivity contribution in [2.24, 2.45) is 0 Å². The summed E-state index contributed by atoms with van der Waals surface area (Å²) in [7, 11) is 0.188. The molecule has 0 radical (unpaired) electrons. The Hall–Kier alpha value is 0.200. The van der Waals surface area contributed by atoms with Gasteiger partial charge < -0.3 is 4.74 Å². The Morgan fingerprint density at radius 2 is 2.00 bits per heavy atom. The van der Waals surface area contributed by atoms with Crippen LogP contribution in [0.25, 0.3) is 0 Å². The zero-order chi connectivity index (χ0) is 14.9. The molecule has 0 bridgehead atoms. The van der Waals surface area contributed by atoms with Crippen LogP contribution in [0.3, 0.4) is 0 Å². The molecule has 0 saturated heterocycles. The summed E-state index contributed by atoms with van der Waals surface area (Å²) in [4.78, 5) is 0.907. The molecule has 9 heteroatoms. The van der Waals surface area contributed by atoms with Crippen LogP contribution in [0.1, 0.15) is 16.0 Å². The van der Waals surface area contributed by atoms with Crippen LogP contribution in [-0.2, 0) is 16.5 Å². The summed E-state index contributed by atoms with van der Waals surface area (Å²) >= 11 is 5.26. The van der Waals surface area contributed by atoms with E-state index in [0.29, 0.717) is 6.42 Å². The molecule has 0 atom stereocenters. The third-order valence-electron chi connectivity index (χ3n) is 2.80. The fourth-order valence-electron chi connectivity index (χ4n) is 1.78. The first-order valence-corrected chi connectivity index (χ1v) is 9.55. The average Bonchev–Trinajstić information content (AvgIpc) is 2.69. The second-order valence-corrected chi connectivity index (χ2v) is 8.54. The van der Waals surface area contributed by atoms with Gasteiger partial charge in [0.1, 0.15) is 14.5 Å². The first kappa shape index (κ1) is 19.2. The van der Waals surface area contributed by atoms with Gasteiger partial charge in [-0.05, 0) is 30.2 Å². The summed E-state index contributed by atoms with van der Waals surface area (Å²) in [6.07, 6.45) is 0.539. The average molecular weight is 372 g/mol. The Morgan fingerprint density at radius 3 is 2.48 bits per heavy atom. The molecule has 0 unspecified atom stereocenters. The van der Waals surface area contributed by atoms with Crippen molar-refractivity contribution in [3.63, 3.8) is 0 Å². The third-order valence-corrected chi connectivity index (χ3v) is 6.97. The van der Waals surface area contributed by atoms with Gasteiger partial charge in [0.2, 0.25) is 0 Å². The number of aryl methyl sites for hydroxylation is 1. The fraction of sp³-hybridized carbons (Fsp3) is 0.250. The SMILES string of the molecule is COc1ccc(Cc2c(C)ssc2=S)cc1S(=O)(=O)O.[NaH]. The Balaban J connectivity index is 0.00000220. The normalized spacial score (nSPS) is 11.0. The maximum atomic E-state index is 11.4. The second kappa shape index (κ2) is 7.65. The van der Waals surface area contributed by atoms with Crippen LogP contribution in [0, 0.1) is 10.7 Å². The van der Waals surface area contributed by atoms with E-state index in [1.807, 2.05) is 6.92 Å². The van der Waals surface area contributed by atoms with E-state index in [0.717, 1.165) is 19.8 Å². The summed E-state index contributed by atoms with van der Waals surface area (Å²) in [5.74, 6) is 0.125. The van der Waals surface area contributed by atoms with Gasteiger partial charge in [-0.2, -0.15) is 8.42 Å². The predicted molar refractivity (Wildman–Crippen MR) is 90.5 cm³/mol. The molecule has 2 aromatic rings. The van der Waals surface area contributed by atoms with Crippen molar-refractivity contribution in [1.29, 1.82) is 0 Å². The molecular weight excluding hydrogens is 359 g/mol. The van der Waals surface area contributed by atoms with Crippen LogP contribution in [-0.4, -0.2) is 49.6 Å². The Morgan fingerprint density at radius 1 is 1.33 bits per heavy atom. The van der Waals surface area contributed by atoms with E-state index in [4.69, 9.17) is 17.0 Å². The van der Waals surface area contributed by atoms with E-state index in [2.05, 4.69) is 0 Å². The number of ether oxygens (including phenoxy) is 1. The third kappa shape index (κ3) is 4.59. The molecule has 0 amide bonds. The molecule has 1 heterocycles. The molecule has 0 aliphatic carbocycles. The van der Waals surface area contributed by atoms with Crippen LogP contribution in [0.15, 0.2) is 23.1 Å². The van der Waals surface area contributed by atoms with Gasteiger partial charge in [-0.25, -0.2) is 0 Å². The van der Waals surface area contributed by atoms with Gasteiger partial charge in [0.05, 0.1) is 7.11 Å². The zero-order valence-electron chi connectivity index (χ0n) is 10.7. The standard InChI is InChI=1S/C12H12O4S4.Na.H/c1-7-9(12(17)19-18-7)5-8-3-4-10(16-2)11(6-8)20(13,14)15;;/h3-4,6H,5H2,1-2H3,(H,13,14,15);;. The molecule has 1 N–H and O–H groups in total. The first-order chi connectivity index (χ1) is 9.32. The molecular formula is C12H13NaO4S4.